The molecule has 0 aromatic carbocycles. The fraction of sp³-hybridized carbons (Fsp3) is 0.556. The summed E-state index contributed by atoms with van der Waals surface area (Å²) in [6.45, 7) is 6.33. The summed E-state index contributed by atoms with van der Waals surface area (Å²) >= 11 is 0. The van der Waals surface area contributed by atoms with E-state index in [9.17, 15) is 14.4 Å². The summed E-state index contributed by atoms with van der Waals surface area (Å²) in [5, 5.41) is 0.343. The molecule has 8 nitrogen and oxygen atoms in total. The van der Waals surface area contributed by atoms with Gasteiger partial charge in [0.05, 0.1) is 5.39 Å². The zero-order valence-electron chi connectivity index (χ0n) is 17.1. The second kappa shape index (κ2) is 10.0. The van der Waals surface area contributed by atoms with Crippen molar-refractivity contribution in [2.45, 2.75) is 33.2 Å². The number of carbonyl (C=O) groups is 1. The molecule has 2 N–H and O–H groups in total. The number of nitrogens with zero attached hydrogens (tertiary/aromatic N) is 4. The minimum absolute atomic E-state index is 0. The highest BCUT2D eigenvalue weighted by Gasteiger charge is 2.19. The first-order chi connectivity index (χ1) is 12.1. The van der Waals surface area contributed by atoms with Crippen molar-refractivity contribution >= 4 is 41.8 Å². The van der Waals surface area contributed by atoms with E-state index in [-0.39, 0.29) is 48.1 Å². The average Bonchev–Trinajstić information content (AvgIpc) is 2.60. The molecule has 0 aliphatic carbocycles. The minimum atomic E-state index is -0.477. The van der Waals surface area contributed by atoms with Crippen molar-refractivity contribution in [3.8, 4) is 0 Å². The van der Waals surface area contributed by atoms with Gasteiger partial charge in [-0.2, -0.15) is 0 Å². The summed E-state index contributed by atoms with van der Waals surface area (Å²) < 4.78 is 2.33. The molecule has 0 aliphatic rings. The molecule has 28 heavy (non-hydrogen) atoms. The lowest BCUT2D eigenvalue weighted by molar-refractivity contribution is 0.0783. The number of pyridine rings is 1. The van der Waals surface area contributed by atoms with Crippen LogP contribution in [0.3, 0.4) is 0 Å². The number of carbonyl (C=O) groups excluding carboxylic acids is 1. The zero-order valence-corrected chi connectivity index (χ0v) is 18.7. The van der Waals surface area contributed by atoms with Crippen LogP contribution in [0, 0.1) is 12.8 Å². The molecular weight excluding hydrogens is 405 g/mol. The van der Waals surface area contributed by atoms with Gasteiger partial charge in [0.2, 0.25) is 0 Å². The van der Waals surface area contributed by atoms with Crippen molar-refractivity contribution in [3.05, 3.63) is 38.2 Å². The van der Waals surface area contributed by atoms with Crippen LogP contribution in [-0.4, -0.2) is 44.6 Å². The summed E-state index contributed by atoms with van der Waals surface area (Å²) in [6.07, 6.45) is 0.686. The van der Waals surface area contributed by atoms with Crippen LogP contribution in [0.5, 0.6) is 0 Å². The van der Waals surface area contributed by atoms with Crippen molar-refractivity contribution in [1.29, 1.82) is 0 Å². The van der Waals surface area contributed by atoms with Crippen molar-refractivity contribution in [1.82, 2.24) is 19.0 Å². The number of rotatable bonds is 5. The summed E-state index contributed by atoms with van der Waals surface area (Å²) in [6, 6.07) is 1.61. The first-order valence-corrected chi connectivity index (χ1v) is 8.64. The van der Waals surface area contributed by atoms with E-state index in [1.807, 2.05) is 13.8 Å². The third-order valence-electron chi connectivity index (χ3n) is 4.83. The molecule has 2 aromatic heterocycles. The second-order valence-corrected chi connectivity index (χ2v) is 7.15. The summed E-state index contributed by atoms with van der Waals surface area (Å²) in [4.78, 5) is 43.1. The molecule has 10 heteroatoms. The van der Waals surface area contributed by atoms with Crippen LogP contribution >= 0.6 is 24.8 Å². The number of nitrogens with two attached hydrogens (primary N) is 1. The Bertz CT molecular complexity index is 968. The van der Waals surface area contributed by atoms with Gasteiger partial charge in [0.15, 0.2) is 0 Å². The molecule has 158 valence electrons. The highest BCUT2D eigenvalue weighted by molar-refractivity contribution is 5.95. The van der Waals surface area contributed by atoms with Crippen LogP contribution in [-0.2, 0) is 14.1 Å². The second-order valence-electron chi connectivity index (χ2n) is 7.15. The van der Waals surface area contributed by atoms with Gasteiger partial charge in [-0.25, -0.2) is 9.78 Å². The first-order valence-electron chi connectivity index (χ1n) is 8.64. The van der Waals surface area contributed by atoms with Crippen molar-refractivity contribution in [2.75, 3.05) is 13.6 Å². The van der Waals surface area contributed by atoms with E-state index in [1.165, 1.54) is 18.7 Å². The quantitative estimate of drug-likeness (QED) is 0.763. The monoisotopic (exact) mass is 433 g/mol. The van der Waals surface area contributed by atoms with Gasteiger partial charge in [-0.3, -0.25) is 18.7 Å². The molecule has 1 unspecified atom stereocenters. The SMILES string of the molecule is Cc1cc(C(=O)N(C)CCC(N)C(C)C)nc2c1c(=O)n(C)c(=O)n2C.Cl.Cl. The van der Waals surface area contributed by atoms with Gasteiger partial charge >= 0.3 is 5.69 Å². The Morgan fingerprint density at radius 2 is 1.79 bits per heavy atom. The van der Waals surface area contributed by atoms with E-state index in [1.54, 1.807) is 24.9 Å². The van der Waals surface area contributed by atoms with Gasteiger partial charge in [-0.15, -0.1) is 24.8 Å². The molecular formula is C18H29Cl2N5O3. The van der Waals surface area contributed by atoms with E-state index >= 15 is 0 Å². The molecule has 2 heterocycles. The normalized spacial score (nSPS) is 11.7. The summed E-state index contributed by atoms with van der Waals surface area (Å²) in [5.41, 5.74) is 6.19. The maximum Gasteiger partial charge on any atom is 0.332 e. The summed E-state index contributed by atoms with van der Waals surface area (Å²) in [5.74, 6) is 0.0735. The van der Waals surface area contributed by atoms with Gasteiger partial charge in [0.25, 0.3) is 11.5 Å². The first kappa shape index (κ1) is 26.1. The molecule has 0 saturated heterocycles. The maximum absolute atomic E-state index is 12.7. The Morgan fingerprint density at radius 1 is 1.21 bits per heavy atom. The third kappa shape index (κ3) is 4.92. The lowest BCUT2D eigenvalue weighted by atomic mass is 10.0. The Hall–Kier alpha value is -1.90. The number of halogens is 2. The molecule has 1 amide bonds. The summed E-state index contributed by atoms with van der Waals surface area (Å²) in [7, 11) is 4.66. The fourth-order valence-corrected chi connectivity index (χ4v) is 2.82. The van der Waals surface area contributed by atoms with Crippen LogP contribution < -0.4 is 17.0 Å². The lowest BCUT2D eigenvalue weighted by Gasteiger charge is -2.21. The van der Waals surface area contributed by atoms with E-state index in [4.69, 9.17) is 5.73 Å². The van der Waals surface area contributed by atoms with Crippen LogP contribution in [0.1, 0.15) is 36.3 Å². The molecule has 0 bridgehead atoms. The Kier molecular flexibility index (Phi) is 9.36. The van der Waals surface area contributed by atoms with E-state index in [0.29, 0.717) is 29.8 Å². The fourth-order valence-electron chi connectivity index (χ4n) is 2.82. The van der Waals surface area contributed by atoms with Crippen LogP contribution in [0.4, 0.5) is 0 Å². The van der Waals surface area contributed by atoms with Crippen molar-refractivity contribution < 1.29 is 4.79 Å². The maximum atomic E-state index is 12.7. The smallest absolute Gasteiger partial charge is 0.332 e. The number of amides is 1. The van der Waals surface area contributed by atoms with E-state index in [0.717, 1.165) is 4.57 Å². The molecule has 1 atom stereocenters. The van der Waals surface area contributed by atoms with Gasteiger partial charge in [0.1, 0.15) is 11.3 Å². The minimum Gasteiger partial charge on any atom is -0.340 e. The molecule has 0 radical (unpaired) electrons. The van der Waals surface area contributed by atoms with Crippen molar-refractivity contribution in [2.24, 2.45) is 25.7 Å². The van der Waals surface area contributed by atoms with Crippen molar-refractivity contribution in [3.63, 3.8) is 0 Å². The van der Waals surface area contributed by atoms with Gasteiger partial charge in [0, 0.05) is 33.7 Å². The van der Waals surface area contributed by atoms with Crippen LogP contribution in [0.2, 0.25) is 0 Å². The average molecular weight is 434 g/mol. The highest BCUT2D eigenvalue weighted by atomic mass is 35.5. The number of aromatic nitrogens is 3. The molecule has 0 aliphatic heterocycles. The lowest BCUT2D eigenvalue weighted by Crippen LogP contribution is -2.38. The largest absolute Gasteiger partial charge is 0.340 e. The van der Waals surface area contributed by atoms with Gasteiger partial charge < -0.3 is 10.6 Å². The highest BCUT2D eigenvalue weighted by Crippen LogP contribution is 2.14. The molecule has 0 fully saturated rings. The standard InChI is InChI=1S/C18H27N5O3.2ClH/c1-10(2)12(19)7-8-21(4)16(24)13-9-11(3)14-15(20-13)22(5)18(26)23(6)17(14)25;;/h9-10,12H,7-8,19H2,1-6H3;2*1H. The van der Waals surface area contributed by atoms with E-state index in [2.05, 4.69) is 4.98 Å². The molecule has 2 aromatic rings. The Balaban J connectivity index is 0.00000364. The van der Waals surface area contributed by atoms with Gasteiger partial charge in [-0.05, 0) is 30.9 Å². The van der Waals surface area contributed by atoms with Gasteiger partial charge in [-0.1, -0.05) is 13.8 Å². The van der Waals surface area contributed by atoms with E-state index < -0.39 is 11.2 Å². The van der Waals surface area contributed by atoms with Crippen LogP contribution in [0.15, 0.2) is 15.7 Å². The predicted octanol–water partition coefficient (Wildman–Crippen LogP) is 1.23. The number of aryl methyl sites for hydroxylation is 2. The molecule has 0 saturated carbocycles. The number of fused-ring (bicyclic) bond motifs is 1. The number of hydrogen-bond acceptors (Lipinski definition) is 5. The topological polar surface area (TPSA) is 103 Å². The Labute approximate surface area is 176 Å². The molecule has 0 spiro atoms. The predicted molar refractivity (Wildman–Crippen MR) is 116 cm³/mol. The number of hydrogen-bond donors (Lipinski definition) is 1. The zero-order chi connectivity index (χ0) is 19.8. The van der Waals surface area contributed by atoms with Crippen LogP contribution in [0.25, 0.3) is 11.0 Å². The molecule has 2 rings (SSSR count). The third-order valence-corrected chi connectivity index (χ3v) is 4.83. The Morgan fingerprint density at radius 3 is 2.32 bits per heavy atom.